The molecule has 124 valence electrons. The highest BCUT2D eigenvalue weighted by Crippen LogP contribution is 2.25. The van der Waals surface area contributed by atoms with Gasteiger partial charge in [0, 0.05) is 11.5 Å². The second-order valence-corrected chi connectivity index (χ2v) is 6.47. The first-order chi connectivity index (χ1) is 9.84. The van der Waals surface area contributed by atoms with E-state index < -0.39 is 12.1 Å². The molecule has 0 spiro atoms. The number of ether oxygens (including phenoxy) is 1. The van der Waals surface area contributed by atoms with Crippen molar-refractivity contribution < 1.29 is 19.7 Å². The van der Waals surface area contributed by atoms with E-state index in [9.17, 15) is 9.90 Å². The second-order valence-electron chi connectivity index (χ2n) is 5.66. The van der Waals surface area contributed by atoms with E-state index in [2.05, 4.69) is 13.8 Å². The predicted molar refractivity (Wildman–Crippen MR) is 88.5 cm³/mol. The lowest BCUT2D eigenvalue weighted by Gasteiger charge is -2.31. The zero-order valence-corrected chi connectivity index (χ0v) is 14.7. The highest BCUT2D eigenvalue weighted by atomic mass is 32.2. The number of aliphatic hydroxyl groups excluding tert-OH is 1. The quantitative estimate of drug-likeness (QED) is 0.450. The van der Waals surface area contributed by atoms with Crippen LogP contribution in [0.1, 0.15) is 47.0 Å². The Hall–Kier alpha value is -0.520. The van der Waals surface area contributed by atoms with Crippen molar-refractivity contribution in [2.75, 3.05) is 12.2 Å². The Morgan fingerprint density at radius 2 is 2.00 bits per heavy atom. The lowest BCUT2D eigenvalue weighted by atomic mass is 9.85. The third-order valence-corrected chi connectivity index (χ3v) is 4.22. The van der Waals surface area contributed by atoms with E-state index in [1.807, 2.05) is 13.2 Å². The number of carbonyl (C=O) groups is 1. The predicted octanol–water partition coefficient (Wildman–Crippen LogP) is 3.55. The normalized spacial score (nSPS) is 18.1. The van der Waals surface area contributed by atoms with Crippen molar-refractivity contribution in [2.45, 2.75) is 59.2 Å². The Balaban J connectivity index is 4.79. The Kier molecular flexibility index (Phi) is 10.8. The maximum atomic E-state index is 10.9. The van der Waals surface area contributed by atoms with Crippen LogP contribution in [0.3, 0.4) is 0 Å². The molecule has 0 saturated heterocycles. The van der Waals surface area contributed by atoms with Crippen LogP contribution in [-0.2, 0) is 9.53 Å². The highest BCUT2D eigenvalue weighted by molar-refractivity contribution is 7.98. The van der Waals surface area contributed by atoms with E-state index in [0.29, 0.717) is 17.9 Å². The molecule has 2 N–H and O–H groups in total. The zero-order valence-electron chi connectivity index (χ0n) is 13.8. The summed E-state index contributed by atoms with van der Waals surface area (Å²) in [4.78, 5) is 10.9. The summed E-state index contributed by atoms with van der Waals surface area (Å²) in [6.07, 6.45) is 5.56. The van der Waals surface area contributed by atoms with Crippen LogP contribution < -0.4 is 0 Å². The smallest absolute Gasteiger partial charge is 0.330 e. The molecule has 0 aliphatic rings. The molecule has 4 nitrogen and oxygen atoms in total. The Morgan fingerprint density at radius 3 is 2.48 bits per heavy atom. The van der Waals surface area contributed by atoms with E-state index in [0.717, 1.165) is 12.8 Å². The fourth-order valence-corrected chi connectivity index (χ4v) is 2.65. The summed E-state index contributed by atoms with van der Waals surface area (Å²) in [5.41, 5.74) is 0.316. The van der Waals surface area contributed by atoms with Gasteiger partial charge in [-0.3, -0.25) is 0 Å². The first-order valence-electron chi connectivity index (χ1n) is 7.53. The number of hydrogen-bond acceptors (Lipinski definition) is 4. The molecule has 5 heteroatoms. The van der Waals surface area contributed by atoms with Crippen molar-refractivity contribution in [1.29, 1.82) is 0 Å². The first kappa shape index (κ1) is 20.5. The van der Waals surface area contributed by atoms with Gasteiger partial charge in [-0.2, -0.15) is 0 Å². The molecule has 0 aromatic heterocycles. The number of thioether (sulfide) groups is 1. The Morgan fingerprint density at radius 1 is 1.38 bits per heavy atom. The number of aliphatic hydroxyl groups is 1. The van der Waals surface area contributed by atoms with Crippen molar-refractivity contribution in [3.8, 4) is 0 Å². The summed E-state index contributed by atoms with van der Waals surface area (Å²) in [6.45, 7) is 7.71. The first-order valence-corrected chi connectivity index (χ1v) is 8.93. The average molecular weight is 318 g/mol. The highest BCUT2D eigenvalue weighted by Gasteiger charge is 2.28. The molecule has 0 amide bonds. The van der Waals surface area contributed by atoms with E-state index in [1.165, 1.54) is 0 Å². The standard InChI is InChI=1S/C16H30O4S/c1-6-7-11(2)15(17)13(4)14(20-10-21-5)9-8-12(3)16(18)19/h8,11,13-15,17H,6-7,9-10H2,1-5H3,(H,18,19)/b12-8+/t11-,13+,14-,15+/m0/s1. The van der Waals surface area contributed by atoms with Crippen molar-refractivity contribution in [3.05, 3.63) is 11.6 Å². The van der Waals surface area contributed by atoms with E-state index in [-0.39, 0.29) is 17.9 Å². The van der Waals surface area contributed by atoms with Crippen LogP contribution in [0.4, 0.5) is 0 Å². The maximum Gasteiger partial charge on any atom is 0.330 e. The minimum atomic E-state index is -0.911. The summed E-state index contributed by atoms with van der Waals surface area (Å²) in [5, 5.41) is 19.4. The lowest BCUT2D eigenvalue weighted by molar-refractivity contribution is -0.132. The molecule has 0 aliphatic carbocycles. The van der Waals surface area contributed by atoms with Crippen LogP contribution in [0.5, 0.6) is 0 Å². The largest absolute Gasteiger partial charge is 0.478 e. The number of aliphatic carboxylic acids is 1. The SMILES string of the molecule is CCC[C@H](C)[C@@H](O)[C@H](C)[C@H](C/C=C(\C)C(=O)O)OCSC. The molecule has 0 radical (unpaired) electrons. The van der Waals surface area contributed by atoms with Crippen LogP contribution in [0.2, 0.25) is 0 Å². The minimum absolute atomic E-state index is 0.0310. The third-order valence-electron chi connectivity index (χ3n) is 3.85. The molecule has 0 saturated carbocycles. The second kappa shape index (κ2) is 11.1. The van der Waals surface area contributed by atoms with Crippen molar-refractivity contribution in [2.24, 2.45) is 11.8 Å². The van der Waals surface area contributed by atoms with Crippen LogP contribution in [0.15, 0.2) is 11.6 Å². The topological polar surface area (TPSA) is 66.8 Å². The number of hydrogen-bond donors (Lipinski definition) is 2. The van der Waals surface area contributed by atoms with Gasteiger partial charge in [0.05, 0.1) is 18.1 Å². The molecule has 21 heavy (non-hydrogen) atoms. The van der Waals surface area contributed by atoms with Crippen molar-refractivity contribution in [3.63, 3.8) is 0 Å². The van der Waals surface area contributed by atoms with E-state index in [1.54, 1.807) is 24.8 Å². The summed E-state index contributed by atoms with van der Waals surface area (Å²) in [6, 6.07) is 0. The zero-order chi connectivity index (χ0) is 16.4. The summed E-state index contributed by atoms with van der Waals surface area (Å²) < 4.78 is 5.80. The monoisotopic (exact) mass is 318 g/mol. The molecular formula is C16H30O4S. The van der Waals surface area contributed by atoms with Gasteiger partial charge in [-0.05, 0) is 31.9 Å². The van der Waals surface area contributed by atoms with Gasteiger partial charge in [0.25, 0.3) is 0 Å². The summed E-state index contributed by atoms with van der Waals surface area (Å²) >= 11 is 1.58. The van der Waals surface area contributed by atoms with Gasteiger partial charge in [0.15, 0.2) is 0 Å². The molecule has 0 heterocycles. The Labute approximate surface area is 133 Å². The molecule has 0 bridgehead atoms. The number of carboxylic acids is 1. The molecule has 0 rings (SSSR count). The van der Waals surface area contributed by atoms with Gasteiger partial charge in [0.1, 0.15) is 0 Å². The molecule has 0 fully saturated rings. The van der Waals surface area contributed by atoms with Crippen LogP contribution in [0.25, 0.3) is 0 Å². The lowest BCUT2D eigenvalue weighted by Crippen LogP contribution is -2.35. The number of carboxylic acid groups (broad SMARTS) is 1. The van der Waals surface area contributed by atoms with Crippen molar-refractivity contribution >= 4 is 17.7 Å². The van der Waals surface area contributed by atoms with Gasteiger partial charge in [-0.25, -0.2) is 4.79 Å². The van der Waals surface area contributed by atoms with Gasteiger partial charge >= 0.3 is 5.97 Å². The van der Waals surface area contributed by atoms with E-state index in [4.69, 9.17) is 9.84 Å². The molecule has 4 atom stereocenters. The average Bonchev–Trinajstić information content (AvgIpc) is 2.45. The fraction of sp³-hybridized carbons (Fsp3) is 0.812. The summed E-state index contributed by atoms with van der Waals surface area (Å²) in [7, 11) is 0. The third kappa shape index (κ3) is 7.88. The van der Waals surface area contributed by atoms with Crippen LogP contribution in [0, 0.1) is 11.8 Å². The minimum Gasteiger partial charge on any atom is -0.478 e. The molecule has 0 aromatic carbocycles. The van der Waals surface area contributed by atoms with Gasteiger partial charge in [-0.15, -0.1) is 11.8 Å². The van der Waals surface area contributed by atoms with Crippen LogP contribution >= 0.6 is 11.8 Å². The Bertz CT molecular complexity index is 330. The molecular weight excluding hydrogens is 288 g/mol. The van der Waals surface area contributed by atoms with Crippen molar-refractivity contribution in [1.82, 2.24) is 0 Å². The van der Waals surface area contributed by atoms with Gasteiger partial charge in [-0.1, -0.05) is 33.3 Å². The summed E-state index contributed by atoms with van der Waals surface area (Å²) in [5.74, 6) is -0.179. The molecule has 0 unspecified atom stereocenters. The van der Waals surface area contributed by atoms with Crippen LogP contribution in [-0.4, -0.2) is 40.6 Å². The number of rotatable bonds is 11. The molecule has 0 aromatic rings. The van der Waals surface area contributed by atoms with Gasteiger partial charge < -0.3 is 14.9 Å². The van der Waals surface area contributed by atoms with E-state index >= 15 is 0 Å². The maximum absolute atomic E-state index is 10.9. The fourth-order valence-electron chi connectivity index (χ4n) is 2.33. The van der Waals surface area contributed by atoms with Gasteiger partial charge in [0.2, 0.25) is 0 Å². The molecule has 0 aliphatic heterocycles.